The Bertz CT molecular complexity index is 618. The van der Waals surface area contributed by atoms with E-state index in [4.69, 9.17) is 4.98 Å². The van der Waals surface area contributed by atoms with Gasteiger partial charge in [0, 0.05) is 28.7 Å². The van der Waals surface area contributed by atoms with E-state index in [-0.39, 0.29) is 0 Å². The van der Waals surface area contributed by atoms with E-state index in [9.17, 15) is 0 Å². The molecule has 2 aromatic heterocycles. The summed E-state index contributed by atoms with van der Waals surface area (Å²) in [5.41, 5.74) is 4.35. The van der Waals surface area contributed by atoms with Crippen LogP contribution in [0.25, 0.3) is 0 Å². The molecule has 2 aromatic rings. The molecule has 0 radical (unpaired) electrons. The van der Waals surface area contributed by atoms with E-state index in [1.807, 2.05) is 25.1 Å². The maximum atomic E-state index is 4.73. The molecule has 1 saturated heterocycles. The lowest BCUT2D eigenvalue weighted by Gasteiger charge is -2.23. The third-order valence-electron chi connectivity index (χ3n) is 3.89. The third kappa shape index (κ3) is 3.58. The van der Waals surface area contributed by atoms with Gasteiger partial charge in [0.1, 0.15) is 5.82 Å². The van der Waals surface area contributed by atoms with E-state index >= 15 is 0 Å². The van der Waals surface area contributed by atoms with Crippen molar-refractivity contribution in [3.63, 3.8) is 0 Å². The third-order valence-corrected chi connectivity index (χ3v) is 3.89. The van der Waals surface area contributed by atoms with Gasteiger partial charge in [0.15, 0.2) is 0 Å². The Morgan fingerprint density at radius 1 is 1.05 bits per heavy atom. The van der Waals surface area contributed by atoms with Crippen LogP contribution in [0.4, 0.5) is 11.5 Å². The van der Waals surface area contributed by atoms with Crippen molar-refractivity contribution in [2.45, 2.75) is 32.6 Å². The summed E-state index contributed by atoms with van der Waals surface area (Å²) >= 11 is 0. The summed E-state index contributed by atoms with van der Waals surface area (Å²) in [6, 6.07) is 10.3. The smallest absolute Gasteiger partial charge is 0.130 e. The number of hydrogen-bond donors (Lipinski definition) is 2. The largest absolute Gasteiger partial charge is 0.340 e. The van der Waals surface area contributed by atoms with Crippen molar-refractivity contribution in [1.29, 1.82) is 0 Å². The number of anilines is 2. The fourth-order valence-electron chi connectivity index (χ4n) is 2.85. The van der Waals surface area contributed by atoms with E-state index in [0.717, 1.165) is 36.0 Å². The zero-order valence-electron chi connectivity index (χ0n) is 12.7. The van der Waals surface area contributed by atoms with Crippen LogP contribution < -0.4 is 10.6 Å². The number of nitrogens with one attached hydrogen (secondary N) is 2. The molecule has 2 N–H and O–H groups in total. The molecule has 110 valence electrons. The lowest BCUT2D eigenvalue weighted by atomic mass is 9.93. The summed E-state index contributed by atoms with van der Waals surface area (Å²) in [4.78, 5) is 9.23. The van der Waals surface area contributed by atoms with Gasteiger partial charge in [0.25, 0.3) is 0 Å². The molecule has 4 heteroatoms. The highest BCUT2D eigenvalue weighted by Gasteiger charge is 2.17. The van der Waals surface area contributed by atoms with Crippen LogP contribution >= 0.6 is 0 Å². The molecule has 0 atom stereocenters. The van der Waals surface area contributed by atoms with Crippen LogP contribution in [0.15, 0.2) is 30.3 Å². The molecule has 0 aliphatic carbocycles. The van der Waals surface area contributed by atoms with Crippen LogP contribution in [-0.2, 0) is 0 Å². The van der Waals surface area contributed by atoms with Gasteiger partial charge in [0.2, 0.25) is 0 Å². The van der Waals surface area contributed by atoms with Crippen LogP contribution in [0.1, 0.15) is 35.8 Å². The molecule has 1 fully saturated rings. The number of rotatable bonds is 3. The minimum Gasteiger partial charge on any atom is -0.340 e. The molecule has 21 heavy (non-hydrogen) atoms. The van der Waals surface area contributed by atoms with Gasteiger partial charge in [-0.3, -0.25) is 4.98 Å². The Labute approximate surface area is 126 Å². The maximum Gasteiger partial charge on any atom is 0.130 e. The lowest BCUT2D eigenvalue weighted by molar-refractivity contribution is 0.453. The van der Waals surface area contributed by atoms with Gasteiger partial charge in [-0.05, 0) is 64.0 Å². The first-order chi connectivity index (χ1) is 10.2. The fourth-order valence-corrected chi connectivity index (χ4v) is 2.85. The molecule has 0 aromatic carbocycles. The van der Waals surface area contributed by atoms with Crippen molar-refractivity contribution in [3.8, 4) is 0 Å². The van der Waals surface area contributed by atoms with Gasteiger partial charge in [-0.15, -0.1) is 0 Å². The molecule has 0 amide bonds. The summed E-state index contributed by atoms with van der Waals surface area (Å²) < 4.78 is 0. The second kappa shape index (κ2) is 6.22. The highest BCUT2D eigenvalue weighted by molar-refractivity contribution is 5.57. The highest BCUT2D eigenvalue weighted by atomic mass is 15.0. The Hall–Kier alpha value is -1.94. The zero-order chi connectivity index (χ0) is 14.7. The lowest BCUT2D eigenvalue weighted by Crippen LogP contribution is -2.27. The van der Waals surface area contributed by atoms with Gasteiger partial charge in [-0.25, -0.2) is 4.98 Å². The van der Waals surface area contributed by atoms with Crippen molar-refractivity contribution in [3.05, 3.63) is 47.4 Å². The predicted molar refractivity (Wildman–Crippen MR) is 86.1 cm³/mol. The topological polar surface area (TPSA) is 49.8 Å². The number of hydrogen-bond acceptors (Lipinski definition) is 4. The fraction of sp³-hybridized carbons (Fsp3) is 0.412. The van der Waals surface area contributed by atoms with Gasteiger partial charge in [0.05, 0.1) is 0 Å². The van der Waals surface area contributed by atoms with Gasteiger partial charge in [-0.2, -0.15) is 0 Å². The van der Waals surface area contributed by atoms with E-state index in [1.54, 1.807) is 0 Å². The van der Waals surface area contributed by atoms with E-state index in [1.165, 1.54) is 18.5 Å². The van der Waals surface area contributed by atoms with E-state index < -0.39 is 0 Å². The van der Waals surface area contributed by atoms with Crippen LogP contribution in [0, 0.1) is 13.8 Å². The van der Waals surface area contributed by atoms with Crippen LogP contribution in [0.3, 0.4) is 0 Å². The number of aromatic nitrogens is 2. The van der Waals surface area contributed by atoms with Crippen LogP contribution in [0.2, 0.25) is 0 Å². The summed E-state index contributed by atoms with van der Waals surface area (Å²) in [6.07, 6.45) is 2.33. The molecule has 0 bridgehead atoms. The van der Waals surface area contributed by atoms with Gasteiger partial charge < -0.3 is 10.6 Å². The molecule has 3 rings (SSSR count). The van der Waals surface area contributed by atoms with Crippen LogP contribution in [-0.4, -0.2) is 23.1 Å². The van der Waals surface area contributed by atoms with E-state index in [2.05, 4.69) is 34.7 Å². The monoisotopic (exact) mass is 282 g/mol. The highest BCUT2D eigenvalue weighted by Crippen LogP contribution is 2.27. The summed E-state index contributed by atoms with van der Waals surface area (Å²) in [6.45, 7) is 6.23. The van der Waals surface area contributed by atoms with Crippen molar-refractivity contribution in [2.24, 2.45) is 0 Å². The molecule has 1 aliphatic heterocycles. The van der Waals surface area contributed by atoms with Crippen molar-refractivity contribution >= 4 is 11.5 Å². The molecule has 0 saturated carbocycles. The second-order valence-corrected chi connectivity index (χ2v) is 5.74. The molecule has 1 aliphatic rings. The van der Waals surface area contributed by atoms with Crippen molar-refractivity contribution < 1.29 is 0 Å². The average Bonchev–Trinajstić information content (AvgIpc) is 2.47. The number of nitrogens with zero attached hydrogens (tertiary/aromatic N) is 2. The summed E-state index contributed by atoms with van der Waals surface area (Å²) in [5, 5.41) is 6.80. The Balaban J connectivity index is 1.83. The van der Waals surface area contributed by atoms with Crippen molar-refractivity contribution in [1.82, 2.24) is 15.3 Å². The maximum absolute atomic E-state index is 4.73. The molecule has 0 spiro atoms. The average molecular weight is 282 g/mol. The second-order valence-electron chi connectivity index (χ2n) is 5.74. The standard InChI is InChI=1S/C17H22N4/c1-12-4-3-5-17(20-12)21-15-10-13(2)19-16(11-15)14-6-8-18-9-7-14/h3-5,10-11,14,18H,6-9H2,1-2H3,(H,19,20,21). The summed E-state index contributed by atoms with van der Waals surface area (Å²) in [7, 11) is 0. The Morgan fingerprint density at radius 2 is 1.86 bits per heavy atom. The molecule has 3 heterocycles. The molecule has 4 nitrogen and oxygen atoms in total. The van der Waals surface area contributed by atoms with E-state index in [0.29, 0.717) is 5.92 Å². The normalized spacial score (nSPS) is 15.9. The first kappa shape index (κ1) is 14.0. The first-order valence-corrected chi connectivity index (χ1v) is 7.61. The molecular formula is C17H22N4. The minimum atomic E-state index is 0.567. The van der Waals surface area contributed by atoms with Gasteiger partial charge >= 0.3 is 0 Å². The molecular weight excluding hydrogens is 260 g/mol. The summed E-state index contributed by atoms with van der Waals surface area (Å²) in [5.74, 6) is 1.45. The van der Waals surface area contributed by atoms with Crippen molar-refractivity contribution in [2.75, 3.05) is 18.4 Å². The number of piperidine rings is 1. The number of pyridine rings is 2. The Kier molecular flexibility index (Phi) is 4.15. The van der Waals surface area contributed by atoms with Crippen LogP contribution in [0.5, 0.6) is 0 Å². The SMILES string of the molecule is Cc1cccc(Nc2cc(C)nc(C3CCNCC3)c2)n1. The zero-order valence-corrected chi connectivity index (χ0v) is 12.7. The quantitative estimate of drug-likeness (QED) is 0.907. The number of aryl methyl sites for hydroxylation is 2. The minimum absolute atomic E-state index is 0.567. The van der Waals surface area contributed by atoms with Gasteiger partial charge in [-0.1, -0.05) is 6.07 Å². The predicted octanol–water partition coefficient (Wildman–Crippen LogP) is 3.30. The Morgan fingerprint density at radius 3 is 2.62 bits per heavy atom. The first-order valence-electron chi connectivity index (χ1n) is 7.61. The molecule has 0 unspecified atom stereocenters.